The van der Waals surface area contributed by atoms with E-state index in [0.29, 0.717) is 6.07 Å². The molecule has 0 spiro atoms. The van der Waals surface area contributed by atoms with E-state index in [-0.39, 0.29) is 6.61 Å². The van der Waals surface area contributed by atoms with E-state index in [0.717, 1.165) is 7.11 Å². The van der Waals surface area contributed by atoms with Crippen molar-refractivity contribution >= 4 is 5.97 Å². The van der Waals surface area contributed by atoms with E-state index >= 15 is 0 Å². The van der Waals surface area contributed by atoms with E-state index < -0.39 is 41.3 Å². The summed E-state index contributed by atoms with van der Waals surface area (Å²) in [6.45, 7) is 1.29. The topological polar surface area (TPSA) is 48.4 Å². The molecule has 0 radical (unpaired) electrons. The number of carbonyl (C=O) groups excluding carboxylic acids is 1. The number of rotatable bonds is 4. The van der Waals surface area contributed by atoms with E-state index in [4.69, 9.17) is 0 Å². The van der Waals surface area contributed by atoms with Crippen molar-refractivity contribution < 1.29 is 36.2 Å². The lowest BCUT2D eigenvalue weighted by atomic mass is 10.1. The number of hydrogen-bond donors (Lipinski definition) is 0. The maximum absolute atomic E-state index is 12.8. The number of halogens is 5. The Kier molecular flexibility index (Phi) is 4.85. The molecule has 0 fully saturated rings. The number of aromatic nitrogens is 1. The standard InChI is InChI=1S/C11H10F5NO3/c1-3-20-10(18)6-4-5(11(14,15)16)8(19-2)7(17-6)9(12)13/h4,9H,3H2,1-2H3. The zero-order chi connectivity index (χ0) is 15.5. The van der Waals surface area contributed by atoms with Crippen molar-refractivity contribution in [2.45, 2.75) is 19.5 Å². The van der Waals surface area contributed by atoms with E-state index in [1.807, 2.05) is 0 Å². The van der Waals surface area contributed by atoms with Gasteiger partial charge in [-0.25, -0.2) is 18.6 Å². The number of carbonyl (C=O) groups is 1. The Balaban J connectivity index is 3.52. The van der Waals surface area contributed by atoms with Crippen molar-refractivity contribution in [2.24, 2.45) is 0 Å². The normalized spacial score (nSPS) is 11.6. The zero-order valence-electron chi connectivity index (χ0n) is 10.4. The molecule has 0 bridgehead atoms. The van der Waals surface area contributed by atoms with Gasteiger partial charge >= 0.3 is 12.1 Å². The SMILES string of the molecule is CCOC(=O)c1cc(C(F)(F)F)c(OC)c(C(F)F)n1. The van der Waals surface area contributed by atoms with Gasteiger partial charge in [-0.3, -0.25) is 0 Å². The second kappa shape index (κ2) is 6.02. The molecule has 1 aromatic heterocycles. The van der Waals surface area contributed by atoms with Crippen molar-refractivity contribution in [3.8, 4) is 5.75 Å². The Morgan fingerprint density at radius 1 is 1.40 bits per heavy atom. The summed E-state index contributed by atoms with van der Waals surface area (Å²) in [6.07, 6.45) is -8.31. The smallest absolute Gasteiger partial charge is 0.420 e. The van der Waals surface area contributed by atoms with E-state index in [1.165, 1.54) is 6.92 Å². The highest BCUT2D eigenvalue weighted by atomic mass is 19.4. The second-order valence-corrected chi connectivity index (χ2v) is 3.49. The summed E-state index contributed by atoms with van der Waals surface area (Å²) in [5, 5.41) is 0. The maximum Gasteiger partial charge on any atom is 0.420 e. The molecule has 0 aliphatic carbocycles. The Hall–Kier alpha value is -1.93. The Morgan fingerprint density at radius 3 is 2.40 bits per heavy atom. The second-order valence-electron chi connectivity index (χ2n) is 3.49. The maximum atomic E-state index is 12.8. The highest BCUT2D eigenvalue weighted by Crippen LogP contribution is 2.40. The average molecular weight is 299 g/mol. The molecule has 112 valence electrons. The Labute approximate surface area is 110 Å². The van der Waals surface area contributed by atoms with Gasteiger partial charge in [0.15, 0.2) is 5.75 Å². The number of hydrogen-bond acceptors (Lipinski definition) is 4. The predicted molar refractivity (Wildman–Crippen MR) is 56.7 cm³/mol. The van der Waals surface area contributed by atoms with Gasteiger partial charge in [0, 0.05) is 0 Å². The van der Waals surface area contributed by atoms with Crippen LogP contribution in [0.4, 0.5) is 22.0 Å². The van der Waals surface area contributed by atoms with Crippen molar-refractivity contribution in [1.82, 2.24) is 4.98 Å². The molecular formula is C11H10F5NO3. The first kappa shape index (κ1) is 16.1. The summed E-state index contributed by atoms with van der Waals surface area (Å²) in [7, 11) is 0.808. The van der Waals surface area contributed by atoms with Crippen molar-refractivity contribution in [1.29, 1.82) is 0 Å². The minimum Gasteiger partial charge on any atom is -0.494 e. The highest BCUT2D eigenvalue weighted by Gasteiger charge is 2.38. The molecule has 0 N–H and O–H groups in total. The lowest BCUT2D eigenvalue weighted by Crippen LogP contribution is -2.16. The third-order valence-electron chi connectivity index (χ3n) is 2.20. The van der Waals surface area contributed by atoms with Crippen LogP contribution in [-0.2, 0) is 10.9 Å². The fourth-order valence-electron chi connectivity index (χ4n) is 1.44. The van der Waals surface area contributed by atoms with Crippen LogP contribution in [0.2, 0.25) is 0 Å². The summed E-state index contributed by atoms with van der Waals surface area (Å²) in [4.78, 5) is 14.5. The van der Waals surface area contributed by atoms with Crippen molar-refractivity contribution in [3.05, 3.63) is 23.0 Å². The van der Waals surface area contributed by atoms with Crippen molar-refractivity contribution in [3.63, 3.8) is 0 Å². The molecule has 0 aliphatic rings. The Bertz CT molecular complexity index is 502. The fraction of sp³-hybridized carbons (Fsp3) is 0.455. The molecule has 1 rings (SSSR count). The molecule has 4 nitrogen and oxygen atoms in total. The van der Waals surface area contributed by atoms with Crippen LogP contribution < -0.4 is 4.74 Å². The largest absolute Gasteiger partial charge is 0.494 e. The summed E-state index contributed by atoms with van der Waals surface area (Å²) in [5.74, 6) is -2.33. The van der Waals surface area contributed by atoms with Crippen LogP contribution in [0.1, 0.15) is 35.1 Å². The minimum absolute atomic E-state index is 0.127. The average Bonchev–Trinajstić information content (AvgIpc) is 2.36. The van der Waals surface area contributed by atoms with Crippen LogP contribution in [0.25, 0.3) is 0 Å². The van der Waals surface area contributed by atoms with Gasteiger partial charge in [0.05, 0.1) is 13.7 Å². The number of alkyl halides is 5. The summed E-state index contributed by atoms with van der Waals surface area (Å²) >= 11 is 0. The third kappa shape index (κ3) is 3.34. The van der Waals surface area contributed by atoms with Gasteiger partial charge in [0.1, 0.15) is 17.0 Å². The lowest BCUT2D eigenvalue weighted by molar-refractivity contribution is -0.139. The zero-order valence-corrected chi connectivity index (χ0v) is 10.4. The van der Waals surface area contributed by atoms with E-state index in [9.17, 15) is 26.7 Å². The van der Waals surface area contributed by atoms with Gasteiger partial charge in [0.2, 0.25) is 0 Å². The molecule has 0 amide bonds. The molecule has 9 heteroatoms. The van der Waals surface area contributed by atoms with Crippen LogP contribution in [0.3, 0.4) is 0 Å². The minimum atomic E-state index is -4.97. The molecule has 0 unspecified atom stereocenters. The first-order valence-corrected chi connectivity index (χ1v) is 5.33. The summed E-state index contributed by atoms with van der Waals surface area (Å²) in [5.41, 5.74) is -3.62. The first-order chi connectivity index (χ1) is 9.22. The van der Waals surface area contributed by atoms with Crippen LogP contribution in [0.5, 0.6) is 5.75 Å². The predicted octanol–water partition coefficient (Wildman–Crippen LogP) is 3.22. The molecule has 1 aromatic rings. The van der Waals surface area contributed by atoms with Crippen LogP contribution in [0, 0.1) is 0 Å². The van der Waals surface area contributed by atoms with Gasteiger partial charge in [-0.1, -0.05) is 0 Å². The number of ether oxygens (including phenoxy) is 2. The number of methoxy groups -OCH3 is 1. The van der Waals surface area contributed by atoms with Gasteiger partial charge < -0.3 is 9.47 Å². The molecular weight excluding hydrogens is 289 g/mol. The van der Waals surface area contributed by atoms with Crippen LogP contribution in [-0.4, -0.2) is 24.7 Å². The van der Waals surface area contributed by atoms with Gasteiger partial charge in [0.25, 0.3) is 6.43 Å². The molecule has 0 aromatic carbocycles. The highest BCUT2D eigenvalue weighted by molar-refractivity contribution is 5.87. The number of pyridine rings is 1. The first-order valence-electron chi connectivity index (χ1n) is 5.33. The van der Waals surface area contributed by atoms with Gasteiger partial charge in [-0.15, -0.1) is 0 Å². The molecule has 0 saturated heterocycles. The van der Waals surface area contributed by atoms with Gasteiger partial charge in [-0.05, 0) is 13.0 Å². The molecule has 0 aliphatic heterocycles. The van der Waals surface area contributed by atoms with E-state index in [2.05, 4.69) is 14.5 Å². The summed E-state index contributed by atoms with van der Waals surface area (Å²) in [6, 6.07) is 0.322. The molecule has 0 saturated carbocycles. The van der Waals surface area contributed by atoms with Gasteiger partial charge in [-0.2, -0.15) is 13.2 Å². The number of nitrogens with zero attached hydrogens (tertiary/aromatic N) is 1. The van der Waals surface area contributed by atoms with Crippen LogP contribution in [0.15, 0.2) is 6.07 Å². The molecule has 20 heavy (non-hydrogen) atoms. The van der Waals surface area contributed by atoms with Crippen molar-refractivity contribution in [2.75, 3.05) is 13.7 Å². The lowest BCUT2D eigenvalue weighted by Gasteiger charge is -2.16. The number of esters is 1. The van der Waals surface area contributed by atoms with Crippen LogP contribution >= 0.6 is 0 Å². The molecule has 1 heterocycles. The summed E-state index contributed by atoms with van der Waals surface area (Å²) < 4.78 is 72.7. The monoisotopic (exact) mass is 299 g/mol. The Morgan fingerprint density at radius 2 is 2.00 bits per heavy atom. The fourth-order valence-corrected chi connectivity index (χ4v) is 1.44. The third-order valence-corrected chi connectivity index (χ3v) is 2.20. The molecule has 0 atom stereocenters. The quantitative estimate of drug-likeness (QED) is 0.632. The van der Waals surface area contributed by atoms with E-state index in [1.54, 1.807) is 0 Å².